The number of hydrogen-bond donors (Lipinski definition) is 0. The molecule has 2 nitrogen and oxygen atoms in total. The molecule has 23 heavy (non-hydrogen) atoms. The molecule has 1 aromatic carbocycles. The van der Waals surface area contributed by atoms with E-state index in [1.807, 2.05) is 0 Å². The molecule has 0 aromatic heterocycles. The lowest BCUT2D eigenvalue weighted by atomic mass is 9.58. The first kappa shape index (κ1) is 15.2. The van der Waals surface area contributed by atoms with E-state index in [0.717, 1.165) is 24.3 Å². The number of fused-ring (bicyclic) bond motifs is 1. The molecule has 0 N–H and O–H groups in total. The molecule has 4 fully saturated rings. The van der Waals surface area contributed by atoms with E-state index in [1.165, 1.54) is 56.2 Å². The average Bonchev–Trinajstić information content (AvgIpc) is 2.73. The topological polar surface area (TPSA) is 15.6 Å². The van der Waals surface area contributed by atoms with Crippen molar-refractivity contribution in [2.45, 2.75) is 44.9 Å². The van der Waals surface area contributed by atoms with Crippen LogP contribution in [0.1, 0.15) is 50.5 Å². The van der Waals surface area contributed by atoms with Crippen LogP contribution in [0.2, 0.25) is 0 Å². The van der Waals surface area contributed by atoms with Gasteiger partial charge >= 0.3 is 0 Å². The summed E-state index contributed by atoms with van der Waals surface area (Å²) < 4.78 is 0. The highest BCUT2D eigenvalue weighted by Gasteiger charge is 2.48. The molecular weight excluding hydrogens is 280 g/mol. The molecule has 4 aliphatic rings. The third-order valence-electron chi connectivity index (χ3n) is 6.56. The Morgan fingerprint density at radius 3 is 2.22 bits per heavy atom. The Bertz CT molecular complexity index is 556. The number of benzene rings is 1. The largest absolute Gasteiger partial charge is 0.378 e. The van der Waals surface area contributed by atoms with Crippen LogP contribution in [0.5, 0.6) is 0 Å². The molecule has 2 unspecified atom stereocenters. The summed E-state index contributed by atoms with van der Waals surface area (Å²) in [6.45, 7) is 1.06. The van der Waals surface area contributed by atoms with Crippen molar-refractivity contribution >= 4 is 11.9 Å². The first-order valence-corrected chi connectivity index (χ1v) is 9.39. The fraction of sp³-hybridized carbons (Fsp3) is 0.667. The molecule has 4 bridgehead atoms. The van der Waals surface area contributed by atoms with Gasteiger partial charge in [0.2, 0.25) is 0 Å². The van der Waals surface area contributed by atoms with Crippen LogP contribution >= 0.6 is 0 Å². The summed E-state index contributed by atoms with van der Waals surface area (Å²) in [5.74, 6) is 3.04. The van der Waals surface area contributed by atoms with E-state index in [0.29, 0.717) is 5.41 Å². The summed E-state index contributed by atoms with van der Waals surface area (Å²) in [5, 5.41) is 0. The zero-order valence-electron chi connectivity index (χ0n) is 14.7. The lowest BCUT2D eigenvalue weighted by Crippen LogP contribution is -2.39. The molecule has 1 aromatic rings. The van der Waals surface area contributed by atoms with Crippen LogP contribution in [0.15, 0.2) is 29.3 Å². The van der Waals surface area contributed by atoms with E-state index in [-0.39, 0.29) is 0 Å². The SMILES string of the molecule is CN(C)c1ccc(C=NCC23CC4CCC(CC(C4)C2)C3)cc1. The minimum absolute atomic E-state index is 0.549. The van der Waals surface area contributed by atoms with Gasteiger partial charge in [0.05, 0.1) is 0 Å². The van der Waals surface area contributed by atoms with Gasteiger partial charge in [0, 0.05) is 32.5 Å². The van der Waals surface area contributed by atoms with Crippen LogP contribution in [0.25, 0.3) is 0 Å². The monoisotopic (exact) mass is 310 g/mol. The summed E-state index contributed by atoms with van der Waals surface area (Å²) in [6.07, 6.45) is 12.5. The lowest BCUT2D eigenvalue weighted by molar-refractivity contribution is 0.0428. The van der Waals surface area contributed by atoms with Gasteiger partial charge in [0.25, 0.3) is 0 Å². The summed E-state index contributed by atoms with van der Waals surface area (Å²) in [7, 11) is 4.16. The van der Waals surface area contributed by atoms with Crippen molar-refractivity contribution < 1.29 is 0 Å². The number of nitrogens with zero attached hydrogens (tertiary/aromatic N) is 2. The van der Waals surface area contributed by atoms with Gasteiger partial charge < -0.3 is 4.90 Å². The zero-order valence-corrected chi connectivity index (χ0v) is 14.7. The van der Waals surface area contributed by atoms with E-state index in [2.05, 4.69) is 49.5 Å². The Morgan fingerprint density at radius 1 is 1.00 bits per heavy atom. The van der Waals surface area contributed by atoms with Crippen molar-refractivity contribution in [3.8, 4) is 0 Å². The average molecular weight is 310 g/mol. The quantitative estimate of drug-likeness (QED) is 0.731. The number of aliphatic imine (C=N–C) groups is 1. The van der Waals surface area contributed by atoms with Gasteiger partial charge in [-0.25, -0.2) is 0 Å². The third kappa shape index (κ3) is 3.18. The normalized spacial score (nSPS) is 35.7. The second-order valence-corrected chi connectivity index (χ2v) is 8.71. The molecule has 5 rings (SSSR count). The highest BCUT2D eigenvalue weighted by Crippen LogP contribution is 2.57. The standard InChI is InChI=1S/C21H30N2/c1-23(2)20-7-5-16(6-8-20)14-22-15-21-11-17-3-4-18(12-21)10-19(9-17)13-21/h5-8,14,17-19H,3-4,9-13,15H2,1-2H3. The number of anilines is 1. The van der Waals surface area contributed by atoms with Crippen LogP contribution in [0.3, 0.4) is 0 Å². The van der Waals surface area contributed by atoms with Crippen LogP contribution in [0.4, 0.5) is 5.69 Å². The second kappa shape index (κ2) is 5.96. The summed E-state index contributed by atoms with van der Waals surface area (Å²) in [6, 6.07) is 8.73. The van der Waals surface area contributed by atoms with Crippen LogP contribution in [-0.4, -0.2) is 26.9 Å². The van der Waals surface area contributed by atoms with Crippen molar-refractivity contribution in [3.63, 3.8) is 0 Å². The van der Waals surface area contributed by atoms with Gasteiger partial charge in [-0.1, -0.05) is 25.0 Å². The van der Waals surface area contributed by atoms with Crippen LogP contribution in [0, 0.1) is 23.2 Å². The molecule has 4 aliphatic carbocycles. The molecule has 4 saturated carbocycles. The summed E-state index contributed by atoms with van der Waals surface area (Å²) in [4.78, 5) is 7.05. The molecule has 0 heterocycles. The predicted molar refractivity (Wildman–Crippen MR) is 98.5 cm³/mol. The van der Waals surface area contributed by atoms with E-state index >= 15 is 0 Å². The molecule has 0 radical (unpaired) electrons. The highest BCUT2D eigenvalue weighted by molar-refractivity contribution is 5.80. The second-order valence-electron chi connectivity index (χ2n) is 8.71. The maximum atomic E-state index is 4.91. The van der Waals surface area contributed by atoms with E-state index in [4.69, 9.17) is 4.99 Å². The van der Waals surface area contributed by atoms with Gasteiger partial charge in [-0.05, 0) is 73.0 Å². The Morgan fingerprint density at radius 2 is 1.61 bits per heavy atom. The van der Waals surface area contributed by atoms with E-state index in [9.17, 15) is 0 Å². The first-order chi connectivity index (χ1) is 11.1. The van der Waals surface area contributed by atoms with Gasteiger partial charge in [-0.15, -0.1) is 0 Å². The maximum absolute atomic E-state index is 4.91. The molecule has 0 amide bonds. The van der Waals surface area contributed by atoms with Crippen molar-refractivity contribution in [2.24, 2.45) is 28.2 Å². The first-order valence-electron chi connectivity index (χ1n) is 9.39. The molecule has 124 valence electrons. The fourth-order valence-corrected chi connectivity index (χ4v) is 5.77. The molecular formula is C21H30N2. The Hall–Kier alpha value is -1.31. The smallest absolute Gasteiger partial charge is 0.0446 e. The highest BCUT2D eigenvalue weighted by atomic mass is 15.1. The summed E-state index contributed by atoms with van der Waals surface area (Å²) in [5.41, 5.74) is 3.03. The molecule has 2 atom stereocenters. The van der Waals surface area contributed by atoms with Crippen molar-refractivity contribution in [1.29, 1.82) is 0 Å². The van der Waals surface area contributed by atoms with E-state index in [1.54, 1.807) is 0 Å². The third-order valence-corrected chi connectivity index (χ3v) is 6.56. The molecule has 2 heteroatoms. The Labute approximate surface area is 141 Å². The Balaban J connectivity index is 1.44. The van der Waals surface area contributed by atoms with Crippen molar-refractivity contribution in [1.82, 2.24) is 0 Å². The predicted octanol–water partition coefficient (Wildman–Crippen LogP) is 4.78. The van der Waals surface area contributed by atoms with Crippen LogP contribution in [-0.2, 0) is 0 Å². The van der Waals surface area contributed by atoms with Crippen molar-refractivity contribution in [3.05, 3.63) is 29.8 Å². The van der Waals surface area contributed by atoms with Crippen molar-refractivity contribution in [2.75, 3.05) is 25.5 Å². The maximum Gasteiger partial charge on any atom is 0.0446 e. The number of hydrogen-bond acceptors (Lipinski definition) is 2. The zero-order chi connectivity index (χ0) is 15.9. The lowest BCUT2D eigenvalue weighted by Gasteiger charge is -2.47. The number of rotatable bonds is 4. The minimum atomic E-state index is 0.549. The minimum Gasteiger partial charge on any atom is -0.378 e. The van der Waals surface area contributed by atoms with Gasteiger partial charge in [0.15, 0.2) is 0 Å². The van der Waals surface area contributed by atoms with Gasteiger partial charge in [0.1, 0.15) is 0 Å². The molecule has 0 saturated heterocycles. The fourth-order valence-electron chi connectivity index (χ4n) is 5.77. The summed E-state index contributed by atoms with van der Waals surface area (Å²) >= 11 is 0. The van der Waals surface area contributed by atoms with Gasteiger partial charge in [-0.3, -0.25) is 4.99 Å². The Kier molecular flexibility index (Phi) is 3.95. The van der Waals surface area contributed by atoms with Gasteiger partial charge in [-0.2, -0.15) is 0 Å². The van der Waals surface area contributed by atoms with Crippen LogP contribution < -0.4 is 4.90 Å². The molecule has 0 aliphatic heterocycles. The van der Waals surface area contributed by atoms with E-state index < -0.39 is 0 Å². The molecule has 0 spiro atoms.